The topological polar surface area (TPSA) is 18.5 Å². The molecule has 0 spiro atoms. The first kappa shape index (κ1) is 11.0. The molecule has 2 nitrogen and oxygen atoms in total. The van der Waals surface area contributed by atoms with E-state index >= 15 is 0 Å². The molecule has 82 valence electrons. The second-order valence-corrected chi connectivity index (χ2v) is 4.84. The van der Waals surface area contributed by atoms with E-state index in [1.54, 1.807) is 0 Å². The van der Waals surface area contributed by atoms with Crippen molar-refractivity contribution in [3.8, 4) is 5.75 Å². The second kappa shape index (κ2) is 4.99. The van der Waals surface area contributed by atoms with Gasteiger partial charge in [0, 0.05) is 4.47 Å². The number of rotatable bonds is 5. The van der Waals surface area contributed by atoms with E-state index in [1.165, 1.54) is 18.4 Å². The molecule has 0 atom stereocenters. The van der Waals surface area contributed by atoms with Crippen LogP contribution in [0.5, 0.6) is 5.75 Å². The Morgan fingerprint density at radius 3 is 2.87 bits per heavy atom. The molecule has 1 aliphatic carbocycles. The van der Waals surface area contributed by atoms with Crippen LogP contribution in [0.1, 0.15) is 18.4 Å². The maximum absolute atomic E-state index is 5.48. The summed E-state index contributed by atoms with van der Waals surface area (Å²) in [6.07, 6.45) is 2.63. The van der Waals surface area contributed by atoms with Gasteiger partial charge in [-0.25, -0.2) is 0 Å². The molecule has 0 radical (unpaired) electrons. The lowest BCUT2D eigenvalue weighted by atomic mass is 10.2. The third kappa shape index (κ3) is 3.50. The molecule has 0 aromatic heterocycles. The van der Waals surface area contributed by atoms with E-state index in [9.17, 15) is 0 Å². The van der Waals surface area contributed by atoms with Gasteiger partial charge in [0.1, 0.15) is 5.75 Å². The van der Waals surface area contributed by atoms with Gasteiger partial charge in [-0.15, -0.1) is 0 Å². The Morgan fingerprint density at radius 1 is 1.40 bits per heavy atom. The summed E-state index contributed by atoms with van der Waals surface area (Å²) in [6, 6.07) is 5.94. The highest BCUT2D eigenvalue weighted by Gasteiger charge is 2.21. The van der Waals surface area contributed by atoms with Crippen molar-refractivity contribution in [2.45, 2.75) is 19.8 Å². The summed E-state index contributed by atoms with van der Waals surface area (Å²) in [5.41, 5.74) is 1.18. The molecule has 3 heteroatoms. The largest absolute Gasteiger partial charge is 0.468 e. The molecule has 1 fully saturated rings. The molecule has 1 saturated carbocycles. The van der Waals surface area contributed by atoms with E-state index in [0.717, 1.165) is 22.7 Å². The monoisotopic (exact) mass is 270 g/mol. The van der Waals surface area contributed by atoms with E-state index in [2.05, 4.69) is 15.9 Å². The van der Waals surface area contributed by atoms with Crippen LogP contribution in [0.2, 0.25) is 0 Å². The van der Waals surface area contributed by atoms with E-state index in [0.29, 0.717) is 6.79 Å². The number of hydrogen-bond acceptors (Lipinski definition) is 2. The van der Waals surface area contributed by atoms with Crippen molar-refractivity contribution in [2.75, 3.05) is 13.4 Å². The van der Waals surface area contributed by atoms with E-state index in [1.807, 2.05) is 25.1 Å². The number of aryl methyl sites for hydroxylation is 1. The van der Waals surface area contributed by atoms with Gasteiger partial charge >= 0.3 is 0 Å². The Kier molecular flexibility index (Phi) is 3.65. The van der Waals surface area contributed by atoms with Crippen LogP contribution in [0.25, 0.3) is 0 Å². The molecule has 1 aromatic rings. The summed E-state index contributed by atoms with van der Waals surface area (Å²) in [4.78, 5) is 0. The van der Waals surface area contributed by atoms with Crippen LogP contribution >= 0.6 is 15.9 Å². The highest BCUT2D eigenvalue weighted by atomic mass is 79.9. The Balaban J connectivity index is 1.74. The quantitative estimate of drug-likeness (QED) is 0.602. The molecular weight excluding hydrogens is 256 g/mol. The third-order valence-corrected chi connectivity index (χ3v) is 3.38. The fraction of sp³-hybridized carbons (Fsp3) is 0.500. The van der Waals surface area contributed by atoms with Crippen LogP contribution in [-0.2, 0) is 4.74 Å². The predicted octanol–water partition coefficient (Wildman–Crippen LogP) is 3.52. The van der Waals surface area contributed by atoms with Gasteiger partial charge in [0.25, 0.3) is 0 Å². The Morgan fingerprint density at radius 2 is 2.20 bits per heavy atom. The van der Waals surface area contributed by atoms with Crippen molar-refractivity contribution in [2.24, 2.45) is 5.92 Å². The molecule has 1 aliphatic rings. The fourth-order valence-corrected chi connectivity index (χ4v) is 1.56. The lowest BCUT2D eigenvalue weighted by Gasteiger charge is -2.08. The smallest absolute Gasteiger partial charge is 0.189 e. The van der Waals surface area contributed by atoms with Gasteiger partial charge in [-0.1, -0.05) is 15.9 Å². The Bertz CT molecular complexity index is 334. The fourth-order valence-electron chi connectivity index (χ4n) is 1.32. The zero-order valence-corrected chi connectivity index (χ0v) is 10.4. The molecule has 0 N–H and O–H groups in total. The number of hydrogen-bond donors (Lipinski definition) is 0. The molecule has 2 rings (SSSR count). The zero-order chi connectivity index (χ0) is 10.7. The van der Waals surface area contributed by atoms with Crippen molar-refractivity contribution >= 4 is 15.9 Å². The molecular formula is C12H15BrO2. The summed E-state index contributed by atoms with van der Waals surface area (Å²) < 4.78 is 12.0. The average molecular weight is 271 g/mol. The Labute approximate surface area is 98.7 Å². The molecule has 0 bridgehead atoms. The molecule has 0 amide bonds. The van der Waals surface area contributed by atoms with Gasteiger partial charge in [-0.05, 0) is 49.4 Å². The first-order valence-electron chi connectivity index (χ1n) is 5.22. The van der Waals surface area contributed by atoms with Crippen LogP contribution < -0.4 is 4.74 Å². The van der Waals surface area contributed by atoms with E-state index < -0.39 is 0 Å². The third-order valence-electron chi connectivity index (χ3n) is 2.49. The van der Waals surface area contributed by atoms with Crippen molar-refractivity contribution in [3.63, 3.8) is 0 Å². The van der Waals surface area contributed by atoms with Crippen LogP contribution in [-0.4, -0.2) is 13.4 Å². The molecule has 0 saturated heterocycles. The van der Waals surface area contributed by atoms with Crippen LogP contribution in [0, 0.1) is 12.8 Å². The standard InChI is InChI=1S/C12H15BrO2/c1-9-6-11(4-5-12(9)13)15-8-14-7-10-2-3-10/h4-6,10H,2-3,7-8H2,1H3. The van der Waals surface area contributed by atoms with Gasteiger partial charge in [0.05, 0.1) is 6.61 Å². The van der Waals surface area contributed by atoms with Gasteiger partial charge < -0.3 is 9.47 Å². The summed E-state index contributed by atoms with van der Waals surface area (Å²) >= 11 is 3.45. The normalized spacial score (nSPS) is 15.3. The molecule has 0 heterocycles. The number of benzene rings is 1. The molecule has 1 aromatic carbocycles. The first-order valence-corrected chi connectivity index (χ1v) is 6.01. The maximum Gasteiger partial charge on any atom is 0.189 e. The Hall–Kier alpha value is -0.540. The average Bonchev–Trinajstić information content (AvgIpc) is 3.02. The summed E-state index contributed by atoms with van der Waals surface area (Å²) in [5, 5.41) is 0. The van der Waals surface area contributed by atoms with Crippen LogP contribution in [0.15, 0.2) is 22.7 Å². The van der Waals surface area contributed by atoms with Gasteiger partial charge in [0.2, 0.25) is 0 Å². The second-order valence-electron chi connectivity index (χ2n) is 3.99. The first-order chi connectivity index (χ1) is 7.25. The number of halogens is 1. The van der Waals surface area contributed by atoms with Crippen molar-refractivity contribution in [3.05, 3.63) is 28.2 Å². The van der Waals surface area contributed by atoms with Gasteiger partial charge in [-0.3, -0.25) is 0 Å². The summed E-state index contributed by atoms with van der Waals surface area (Å²) in [5.74, 6) is 1.66. The highest BCUT2D eigenvalue weighted by molar-refractivity contribution is 9.10. The predicted molar refractivity (Wildman–Crippen MR) is 63.1 cm³/mol. The minimum Gasteiger partial charge on any atom is -0.468 e. The van der Waals surface area contributed by atoms with E-state index in [-0.39, 0.29) is 0 Å². The maximum atomic E-state index is 5.48. The van der Waals surface area contributed by atoms with Crippen molar-refractivity contribution in [1.82, 2.24) is 0 Å². The SMILES string of the molecule is Cc1cc(OCOCC2CC2)ccc1Br. The van der Waals surface area contributed by atoms with Crippen LogP contribution in [0.3, 0.4) is 0 Å². The summed E-state index contributed by atoms with van der Waals surface area (Å²) in [6.45, 7) is 3.25. The minimum absolute atomic E-state index is 0.359. The molecule has 0 aliphatic heterocycles. The lowest BCUT2D eigenvalue weighted by molar-refractivity contribution is 0.00995. The van der Waals surface area contributed by atoms with Gasteiger partial charge in [0.15, 0.2) is 6.79 Å². The summed E-state index contributed by atoms with van der Waals surface area (Å²) in [7, 11) is 0. The highest BCUT2D eigenvalue weighted by Crippen LogP contribution is 2.28. The van der Waals surface area contributed by atoms with E-state index in [4.69, 9.17) is 9.47 Å². The lowest BCUT2D eigenvalue weighted by Crippen LogP contribution is -2.05. The van der Waals surface area contributed by atoms with Crippen molar-refractivity contribution in [1.29, 1.82) is 0 Å². The minimum atomic E-state index is 0.359. The van der Waals surface area contributed by atoms with Gasteiger partial charge in [-0.2, -0.15) is 0 Å². The number of ether oxygens (including phenoxy) is 2. The molecule has 0 unspecified atom stereocenters. The van der Waals surface area contributed by atoms with Crippen molar-refractivity contribution < 1.29 is 9.47 Å². The zero-order valence-electron chi connectivity index (χ0n) is 8.83. The molecule has 15 heavy (non-hydrogen) atoms. The van der Waals surface area contributed by atoms with Crippen LogP contribution in [0.4, 0.5) is 0 Å².